The van der Waals surface area contributed by atoms with Crippen LogP contribution in [0.1, 0.15) is 5.56 Å². The molecule has 0 spiro atoms. The van der Waals surface area contributed by atoms with Crippen LogP contribution in [0, 0.1) is 0 Å². The van der Waals surface area contributed by atoms with E-state index in [0.717, 1.165) is 5.56 Å². The number of nitrogens with zero attached hydrogens (tertiary/aromatic N) is 2. The third-order valence-electron chi connectivity index (χ3n) is 2.40. The lowest BCUT2D eigenvalue weighted by molar-refractivity contribution is 0.708. The monoisotopic (exact) mass is 249 g/mol. The molecular formula is C12H12ClN3O. The summed E-state index contributed by atoms with van der Waals surface area (Å²) in [6.45, 7) is 0.607. The molecule has 0 amide bonds. The molecular weight excluding hydrogens is 238 g/mol. The van der Waals surface area contributed by atoms with Crippen LogP contribution in [0.15, 0.2) is 41.3 Å². The van der Waals surface area contributed by atoms with Crippen molar-refractivity contribution in [3.63, 3.8) is 0 Å². The third kappa shape index (κ3) is 2.65. The van der Waals surface area contributed by atoms with Gasteiger partial charge in [0.1, 0.15) is 5.02 Å². The second-order valence-electron chi connectivity index (χ2n) is 3.64. The van der Waals surface area contributed by atoms with Gasteiger partial charge in [-0.05, 0) is 5.56 Å². The quantitative estimate of drug-likeness (QED) is 0.906. The summed E-state index contributed by atoms with van der Waals surface area (Å²) in [6, 6.07) is 9.86. The molecule has 0 bridgehead atoms. The van der Waals surface area contributed by atoms with Crippen molar-refractivity contribution in [2.45, 2.75) is 6.54 Å². The second-order valence-corrected chi connectivity index (χ2v) is 4.02. The van der Waals surface area contributed by atoms with Crippen molar-refractivity contribution in [3.8, 4) is 0 Å². The molecule has 1 heterocycles. The Morgan fingerprint density at radius 3 is 2.76 bits per heavy atom. The molecule has 0 unspecified atom stereocenters. The van der Waals surface area contributed by atoms with Crippen LogP contribution in [0.2, 0.25) is 5.02 Å². The van der Waals surface area contributed by atoms with Gasteiger partial charge in [-0.1, -0.05) is 41.9 Å². The van der Waals surface area contributed by atoms with Crippen LogP contribution in [-0.4, -0.2) is 9.78 Å². The number of hydrogen-bond donors (Lipinski definition) is 1. The van der Waals surface area contributed by atoms with Gasteiger partial charge in [-0.3, -0.25) is 4.79 Å². The standard InChI is InChI=1S/C12H12ClN3O/c1-16-12(17)11(13)10(8-15-16)14-7-9-5-3-2-4-6-9/h2-6,8,14H,7H2,1H3. The van der Waals surface area contributed by atoms with Gasteiger partial charge in [-0.2, -0.15) is 5.10 Å². The first kappa shape index (κ1) is 11.7. The number of nitrogens with one attached hydrogen (secondary N) is 1. The third-order valence-corrected chi connectivity index (χ3v) is 2.77. The maximum atomic E-state index is 11.5. The van der Waals surface area contributed by atoms with Crippen molar-refractivity contribution in [1.82, 2.24) is 9.78 Å². The van der Waals surface area contributed by atoms with Gasteiger partial charge in [-0.25, -0.2) is 4.68 Å². The Labute approximate surface area is 104 Å². The van der Waals surface area contributed by atoms with Crippen molar-refractivity contribution in [3.05, 3.63) is 57.5 Å². The fourth-order valence-electron chi connectivity index (χ4n) is 1.43. The van der Waals surface area contributed by atoms with E-state index >= 15 is 0 Å². The smallest absolute Gasteiger partial charge is 0.287 e. The van der Waals surface area contributed by atoms with Gasteiger partial charge in [0.25, 0.3) is 5.56 Å². The molecule has 0 fully saturated rings. The summed E-state index contributed by atoms with van der Waals surface area (Å²) in [5.74, 6) is 0. The number of hydrogen-bond acceptors (Lipinski definition) is 3. The summed E-state index contributed by atoms with van der Waals surface area (Å²) in [5.41, 5.74) is 1.37. The SMILES string of the molecule is Cn1ncc(NCc2ccccc2)c(Cl)c1=O. The molecule has 0 saturated carbocycles. The molecule has 0 aliphatic heterocycles. The highest BCUT2D eigenvalue weighted by atomic mass is 35.5. The maximum Gasteiger partial charge on any atom is 0.287 e. The van der Waals surface area contributed by atoms with E-state index in [-0.39, 0.29) is 10.6 Å². The molecule has 4 nitrogen and oxygen atoms in total. The highest BCUT2D eigenvalue weighted by molar-refractivity contribution is 6.32. The number of anilines is 1. The average molecular weight is 250 g/mol. The van der Waals surface area contributed by atoms with Gasteiger partial charge in [0.15, 0.2) is 0 Å². The first-order chi connectivity index (χ1) is 8.18. The van der Waals surface area contributed by atoms with Crippen molar-refractivity contribution >= 4 is 17.3 Å². The van der Waals surface area contributed by atoms with Crippen LogP contribution in [0.3, 0.4) is 0 Å². The van der Waals surface area contributed by atoms with Crippen LogP contribution in [0.5, 0.6) is 0 Å². The van der Waals surface area contributed by atoms with Crippen molar-refractivity contribution in [1.29, 1.82) is 0 Å². The molecule has 0 aliphatic rings. The Balaban J connectivity index is 2.15. The number of rotatable bonds is 3. The molecule has 0 aliphatic carbocycles. The van der Waals surface area contributed by atoms with Gasteiger partial charge in [0, 0.05) is 13.6 Å². The average Bonchev–Trinajstić information content (AvgIpc) is 2.36. The lowest BCUT2D eigenvalue weighted by Gasteiger charge is -2.08. The minimum atomic E-state index is -0.301. The number of benzene rings is 1. The molecule has 17 heavy (non-hydrogen) atoms. The molecule has 88 valence electrons. The molecule has 0 radical (unpaired) electrons. The van der Waals surface area contributed by atoms with Crippen LogP contribution in [0.4, 0.5) is 5.69 Å². The van der Waals surface area contributed by atoms with E-state index in [1.54, 1.807) is 13.2 Å². The first-order valence-electron chi connectivity index (χ1n) is 5.18. The zero-order chi connectivity index (χ0) is 12.3. The van der Waals surface area contributed by atoms with Crippen molar-refractivity contribution < 1.29 is 0 Å². The van der Waals surface area contributed by atoms with Gasteiger partial charge in [0.05, 0.1) is 11.9 Å². The van der Waals surface area contributed by atoms with E-state index in [0.29, 0.717) is 12.2 Å². The van der Waals surface area contributed by atoms with E-state index in [4.69, 9.17) is 11.6 Å². The predicted octanol–water partition coefficient (Wildman–Crippen LogP) is 2.05. The summed E-state index contributed by atoms with van der Waals surface area (Å²) in [4.78, 5) is 11.5. The molecule has 1 aromatic carbocycles. The summed E-state index contributed by atoms with van der Waals surface area (Å²) >= 11 is 5.93. The molecule has 2 aromatic rings. The van der Waals surface area contributed by atoms with E-state index in [2.05, 4.69) is 10.4 Å². The molecule has 5 heteroatoms. The summed E-state index contributed by atoms with van der Waals surface area (Å²) in [5, 5.41) is 7.16. The fourth-order valence-corrected chi connectivity index (χ4v) is 1.67. The Bertz CT molecular complexity index is 566. The summed E-state index contributed by atoms with van der Waals surface area (Å²) in [7, 11) is 1.56. The van der Waals surface area contributed by atoms with Crippen LogP contribution < -0.4 is 10.9 Å². The lowest BCUT2D eigenvalue weighted by atomic mass is 10.2. The van der Waals surface area contributed by atoms with Gasteiger partial charge < -0.3 is 5.32 Å². The van der Waals surface area contributed by atoms with Crippen LogP contribution >= 0.6 is 11.6 Å². The normalized spacial score (nSPS) is 10.2. The van der Waals surface area contributed by atoms with Crippen LogP contribution in [0.25, 0.3) is 0 Å². The molecule has 1 N–H and O–H groups in total. The molecule has 0 atom stereocenters. The molecule has 2 rings (SSSR count). The largest absolute Gasteiger partial charge is 0.378 e. The Morgan fingerprint density at radius 1 is 1.35 bits per heavy atom. The van der Waals surface area contributed by atoms with Gasteiger partial charge in [-0.15, -0.1) is 0 Å². The Morgan fingerprint density at radius 2 is 2.06 bits per heavy atom. The Kier molecular flexibility index (Phi) is 3.44. The molecule has 0 saturated heterocycles. The zero-order valence-electron chi connectivity index (χ0n) is 9.35. The zero-order valence-corrected chi connectivity index (χ0v) is 10.1. The Hall–Kier alpha value is -1.81. The van der Waals surface area contributed by atoms with E-state index in [9.17, 15) is 4.79 Å². The van der Waals surface area contributed by atoms with Gasteiger partial charge >= 0.3 is 0 Å². The summed E-state index contributed by atoms with van der Waals surface area (Å²) < 4.78 is 1.20. The van der Waals surface area contributed by atoms with E-state index in [1.165, 1.54) is 4.68 Å². The van der Waals surface area contributed by atoms with Crippen molar-refractivity contribution in [2.24, 2.45) is 7.05 Å². The minimum Gasteiger partial charge on any atom is -0.378 e. The van der Waals surface area contributed by atoms with E-state index < -0.39 is 0 Å². The fraction of sp³-hybridized carbons (Fsp3) is 0.167. The number of halogens is 1. The number of aromatic nitrogens is 2. The topological polar surface area (TPSA) is 46.9 Å². The van der Waals surface area contributed by atoms with E-state index in [1.807, 2.05) is 30.3 Å². The first-order valence-corrected chi connectivity index (χ1v) is 5.56. The molecule has 1 aromatic heterocycles. The van der Waals surface area contributed by atoms with Crippen molar-refractivity contribution in [2.75, 3.05) is 5.32 Å². The minimum absolute atomic E-state index is 0.165. The highest BCUT2D eigenvalue weighted by Crippen LogP contribution is 2.15. The predicted molar refractivity (Wildman–Crippen MR) is 68.3 cm³/mol. The summed E-state index contributed by atoms with van der Waals surface area (Å²) in [6.07, 6.45) is 1.55. The number of aryl methyl sites for hydroxylation is 1. The highest BCUT2D eigenvalue weighted by Gasteiger charge is 2.06. The van der Waals surface area contributed by atoms with Gasteiger partial charge in [0.2, 0.25) is 0 Å². The maximum absolute atomic E-state index is 11.5. The van der Waals surface area contributed by atoms with Crippen LogP contribution in [-0.2, 0) is 13.6 Å². The second kappa shape index (κ2) is 5.01. The lowest BCUT2D eigenvalue weighted by Crippen LogP contribution is -2.21.